The van der Waals surface area contributed by atoms with Crippen LogP contribution in [0, 0.1) is 5.92 Å². The molecule has 5 nitrogen and oxygen atoms in total. The molecule has 0 saturated carbocycles. The van der Waals surface area contributed by atoms with Crippen LogP contribution >= 0.6 is 0 Å². The van der Waals surface area contributed by atoms with Gasteiger partial charge in [-0.25, -0.2) is 0 Å². The molecule has 2 aromatic rings. The third-order valence-corrected chi connectivity index (χ3v) is 4.58. The van der Waals surface area contributed by atoms with Crippen LogP contribution in [0.25, 0.3) is 0 Å². The van der Waals surface area contributed by atoms with Crippen LogP contribution in [-0.2, 0) is 11.3 Å². The highest BCUT2D eigenvalue weighted by Crippen LogP contribution is 2.27. The average molecular weight is 352 g/mol. The molecule has 1 heterocycles. The molecule has 2 amide bonds. The largest absolute Gasteiger partial charge is 0.497 e. The summed E-state index contributed by atoms with van der Waals surface area (Å²) in [6.45, 7) is 4.59. The molecule has 136 valence electrons. The van der Waals surface area contributed by atoms with Crippen LogP contribution in [0.1, 0.15) is 36.2 Å². The number of methoxy groups -OCH3 is 1. The molecule has 5 heteroatoms. The lowest BCUT2D eigenvalue weighted by Gasteiger charge is -2.28. The molecule has 0 aromatic heterocycles. The second kappa shape index (κ2) is 7.60. The van der Waals surface area contributed by atoms with Crippen molar-refractivity contribution < 1.29 is 14.3 Å². The highest BCUT2D eigenvalue weighted by atomic mass is 16.5. The van der Waals surface area contributed by atoms with Gasteiger partial charge >= 0.3 is 0 Å². The third kappa shape index (κ3) is 3.72. The Morgan fingerprint density at radius 3 is 2.46 bits per heavy atom. The smallest absolute Gasteiger partial charge is 0.255 e. The normalized spacial score (nSPS) is 14.3. The van der Waals surface area contributed by atoms with E-state index in [1.54, 1.807) is 36.3 Å². The van der Waals surface area contributed by atoms with E-state index in [1.165, 1.54) is 0 Å². The summed E-state index contributed by atoms with van der Waals surface area (Å²) in [5, 5.41) is 2.93. The molecule has 0 bridgehead atoms. The van der Waals surface area contributed by atoms with Crippen molar-refractivity contribution in [2.75, 3.05) is 12.4 Å². The van der Waals surface area contributed by atoms with Crippen molar-refractivity contribution in [3.8, 4) is 5.75 Å². The molecule has 3 rings (SSSR count). The standard InChI is InChI=1S/C21H24N2O3/c1-14(2)12-19(20(24)22-16-8-10-17(26-3)11-9-16)23-13-15-6-4-5-7-18(15)21(23)25/h4-11,14,19H,12-13H2,1-3H3,(H,22,24)/t19-/m0/s1. The molecule has 26 heavy (non-hydrogen) atoms. The van der Waals surface area contributed by atoms with Crippen molar-refractivity contribution in [2.45, 2.75) is 32.9 Å². The topological polar surface area (TPSA) is 58.6 Å². The molecule has 1 aliphatic rings. The van der Waals surface area contributed by atoms with Crippen molar-refractivity contribution in [3.63, 3.8) is 0 Å². The molecule has 0 saturated heterocycles. The number of fused-ring (bicyclic) bond motifs is 1. The number of hydrogen-bond donors (Lipinski definition) is 1. The molecule has 0 spiro atoms. The van der Waals surface area contributed by atoms with Gasteiger partial charge in [0.15, 0.2) is 0 Å². The Morgan fingerprint density at radius 2 is 1.85 bits per heavy atom. The first-order chi connectivity index (χ1) is 12.5. The predicted octanol–water partition coefficient (Wildman–Crippen LogP) is 3.70. The summed E-state index contributed by atoms with van der Waals surface area (Å²) in [7, 11) is 1.60. The van der Waals surface area contributed by atoms with Crippen LogP contribution < -0.4 is 10.1 Å². The molecule has 1 N–H and O–H groups in total. The lowest BCUT2D eigenvalue weighted by molar-refractivity contribution is -0.121. The number of hydrogen-bond acceptors (Lipinski definition) is 3. The fourth-order valence-electron chi connectivity index (χ4n) is 3.25. The van der Waals surface area contributed by atoms with Crippen molar-refractivity contribution >= 4 is 17.5 Å². The number of amides is 2. The second-order valence-corrected chi connectivity index (χ2v) is 6.95. The Bertz CT molecular complexity index is 799. The van der Waals surface area contributed by atoms with Gasteiger partial charge in [-0.15, -0.1) is 0 Å². The van der Waals surface area contributed by atoms with E-state index in [-0.39, 0.29) is 17.7 Å². The number of carbonyl (C=O) groups is 2. The summed E-state index contributed by atoms with van der Waals surface area (Å²) in [5.74, 6) is 0.784. The first kappa shape index (κ1) is 18.0. The van der Waals surface area contributed by atoms with Gasteiger partial charge in [0, 0.05) is 17.8 Å². The molecule has 0 radical (unpaired) electrons. The Hall–Kier alpha value is -2.82. The maximum absolute atomic E-state index is 12.9. The van der Waals surface area contributed by atoms with Crippen LogP contribution in [0.15, 0.2) is 48.5 Å². The number of benzene rings is 2. The molecule has 0 unspecified atom stereocenters. The van der Waals surface area contributed by atoms with Gasteiger partial charge in [0.2, 0.25) is 5.91 Å². The third-order valence-electron chi connectivity index (χ3n) is 4.58. The van der Waals surface area contributed by atoms with Crippen molar-refractivity contribution in [2.24, 2.45) is 5.92 Å². The van der Waals surface area contributed by atoms with E-state index in [4.69, 9.17) is 4.74 Å². The number of carbonyl (C=O) groups excluding carboxylic acids is 2. The summed E-state index contributed by atoms with van der Waals surface area (Å²) in [4.78, 5) is 27.4. The fraction of sp³-hybridized carbons (Fsp3) is 0.333. The van der Waals surface area contributed by atoms with Gasteiger partial charge in [-0.1, -0.05) is 32.0 Å². The number of nitrogens with zero attached hydrogens (tertiary/aromatic N) is 1. The molecule has 0 aliphatic carbocycles. The van der Waals surface area contributed by atoms with Crippen LogP contribution in [0.4, 0.5) is 5.69 Å². The summed E-state index contributed by atoms with van der Waals surface area (Å²) >= 11 is 0. The molecule has 1 aliphatic heterocycles. The quantitative estimate of drug-likeness (QED) is 0.862. The highest BCUT2D eigenvalue weighted by Gasteiger charge is 2.36. The lowest BCUT2D eigenvalue weighted by Crippen LogP contribution is -2.45. The maximum atomic E-state index is 12.9. The average Bonchev–Trinajstić information content (AvgIpc) is 2.97. The minimum absolute atomic E-state index is 0.0730. The van der Waals surface area contributed by atoms with E-state index in [2.05, 4.69) is 19.2 Å². The minimum atomic E-state index is -0.503. The zero-order chi connectivity index (χ0) is 18.7. The van der Waals surface area contributed by atoms with E-state index in [1.807, 2.05) is 24.3 Å². The monoisotopic (exact) mass is 352 g/mol. The summed E-state index contributed by atoms with van der Waals surface area (Å²) in [6.07, 6.45) is 0.613. The molecule has 1 atom stereocenters. The molecular weight excluding hydrogens is 328 g/mol. The Balaban J connectivity index is 1.79. The van der Waals surface area contributed by atoms with Crippen molar-refractivity contribution in [1.29, 1.82) is 0 Å². The molecule has 0 fully saturated rings. The van der Waals surface area contributed by atoms with Gasteiger partial charge in [-0.3, -0.25) is 9.59 Å². The van der Waals surface area contributed by atoms with Crippen molar-refractivity contribution in [1.82, 2.24) is 4.90 Å². The van der Waals surface area contributed by atoms with E-state index in [0.29, 0.717) is 24.2 Å². The van der Waals surface area contributed by atoms with Gasteiger partial charge < -0.3 is 15.0 Å². The second-order valence-electron chi connectivity index (χ2n) is 6.95. The zero-order valence-electron chi connectivity index (χ0n) is 15.4. The molecular formula is C21H24N2O3. The number of rotatable bonds is 6. The van der Waals surface area contributed by atoms with Gasteiger partial charge in [-0.2, -0.15) is 0 Å². The van der Waals surface area contributed by atoms with E-state index in [9.17, 15) is 9.59 Å². The van der Waals surface area contributed by atoms with E-state index in [0.717, 1.165) is 11.3 Å². The Kier molecular flexibility index (Phi) is 5.26. The Morgan fingerprint density at radius 1 is 1.15 bits per heavy atom. The van der Waals surface area contributed by atoms with Gasteiger partial charge in [0.05, 0.1) is 7.11 Å². The van der Waals surface area contributed by atoms with Crippen LogP contribution in [0.5, 0.6) is 5.75 Å². The van der Waals surface area contributed by atoms with E-state index < -0.39 is 6.04 Å². The number of anilines is 1. The van der Waals surface area contributed by atoms with E-state index >= 15 is 0 Å². The number of nitrogens with one attached hydrogen (secondary N) is 1. The summed E-state index contributed by atoms with van der Waals surface area (Å²) < 4.78 is 5.14. The predicted molar refractivity (Wildman–Crippen MR) is 101 cm³/mol. The minimum Gasteiger partial charge on any atom is -0.497 e. The van der Waals surface area contributed by atoms with Gasteiger partial charge in [0.1, 0.15) is 11.8 Å². The summed E-state index contributed by atoms with van der Waals surface area (Å²) in [6, 6.07) is 14.2. The van der Waals surface area contributed by atoms with Crippen LogP contribution in [-0.4, -0.2) is 29.9 Å². The first-order valence-corrected chi connectivity index (χ1v) is 8.83. The fourth-order valence-corrected chi connectivity index (χ4v) is 3.25. The lowest BCUT2D eigenvalue weighted by atomic mass is 10.0. The van der Waals surface area contributed by atoms with Crippen molar-refractivity contribution in [3.05, 3.63) is 59.7 Å². The summed E-state index contributed by atoms with van der Waals surface area (Å²) in [5.41, 5.74) is 2.36. The van der Waals surface area contributed by atoms with Crippen LogP contribution in [0.2, 0.25) is 0 Å². The first-order valence-electron chi connectivity index (χ1n) is 8.83. The Labute approximate surface area is 154 Å². The zero-order valence-corrected chi connectivity index (χ0v) is 15.4. The van der Waals surface area contributed by atoms with Gasteiger partial charge in [0.25, 0.3) is 5.91 Å². The maximum Gasteiger partial charge on any atom is 0.255 e. The SMILES string of the molecule is COc1ccc(NC(=O)[C@H](CC(C)C)N2Cc3ccccc3C2=O)cc1. The number of ether oxygens (including phenoxy) is 1. The van der Waals surface area contributed by atoms with Gasteiger partial charge in [-0.05, 0) is 48.2 Å². The van der Waals surface area contributed by atoms with Crippen LogP contribution in [0.3, 0.4) is 0 Å². The highest BCUT2D eigenvalue weighted by molar-refractivity contribution is 6.03. The molecule has 2 aromatic carbocycles.